The number of carbonyl (C=O) groups excluding carboxylic acids is 1. The predicted molar refractivity (Wildman–Crippen MR) is 38.8 cm³/mol. The fourth-order valence-electron chi connectivity index (χ4n) is 1.27. The smallest absolute Gasteiger partial charge is 0.313 e. The quantitative estimate of drug-likeness (QED) is 0.561. The SMILES string of the molecule is C[C@@H]1CCN([C]=O)[C@]1(C)N. The summed E-state index contributed by atoms with van der Waals surface area (Å²) in [5, 5.41) is 0. The van der Waals surface area contributed by atoms with Crippen LogP contribution in [0.4, 0.5) is 0 Å². The Labute approximate surface area is 61.2 Å². The standard InChI is InChI=1S/C7H13N2O/c1-6-3-4-9(5-10)7(6,2)8/h6H,3-4,8H2,1-2H3/t6-,7+/m1/s1. The van der Waals surface area contributed by atoms with Crippen LogP contribution in [0.2, 0.25) is 0 Å². The Morgan fingerprint density at radius 2 is 2.40 bits per heavy atom. The highest BCUT2D eigenvalue weighted by Crippen LogP contribution is 2.27. The summed E-state index contributed by atoms with van der Waals surface area (Å²) >= 11 is 0. The van der Waals surface area contributed by atoms with Crippen molar-refractivity contribution in [1.82, 2.24) is 4.90 Å². The van der Waals surface area contributed by atoms with Gasteiger partial charge in [-0.3, -0.25) is 4.79 Å². The summed E-state index contributed by atoms with van der Waals surface area (Å²) in [5.41, 5.74) is 5.37. The predicted octanol–water partition coefficient (Wildman–Crippen LogP) is 0.0703. The van der Waals surface area contributed by atoms with E-state index in [1.807, 2.05) is 13.3 Å². The lowest BCUT2D eigenvalue weighted by Crippen LogP contribution is -2.51. The molecule has 0 saturated carbocycles. The minimum Gasteiger partial charge on any atom is -0.316 e. The second-order valence-electron chi connectivity index (χ2n) is 3.16. The van der Waals surface area contributed by atoms with E-state index in [1.165, 1.54) is 4.90 Å². The lowest BCUT2D eigenvalue weighted by molar-refractivity contribution is 0.207. The molecule has 1 heterocycles. The molecule has 0 aromatic heterocycles. The Morgan fingerprint density at radius 1 is 1.80 bits per heavy atom. The van der Waals surface area contributed by atoms with Crippen LogP contribution in [0.5, 0.6) is 0 Å². The lowest BCUT2D eigenvalue weighted by atomic mass is 9.99. The number of nitrogens with two attached hydrogens (primary N) is 1. The fraction of sp³-hybridized carbons (Fsp3) is 0.857. The van der Waals surface area contributed by atoms with Crippen molar-refractivity contribution in [3.8, 4) is 0 Å². The van der Waals surface area contributed by atoms with Gasteiger partial charge in [0.25, 0.3) is 0 Å². The average Bonchev–Trinajstić information content (AvgIpc) is 2.10. The zero-order chi connectivity index (χ0) is 7.78. The molecule has 0 aromatic carbocycles. The highest BCUT2D eigenvalue weighted by Gasteiger charge is 2.38. The lowest BCUT2D eigenvalue weighted by Gasteiger charge is -2.30. The molecule has 57 valence electrons. The van der Waals surface area contributed by atoms with Gasteiger partial charge in [-0.2, -0.15) is 0 Å². The molecule has 1 fully saturated rings. The Kier molecular flexibility index (Phi) is 1.68. The summed E-state index contributed by atoms with van der Waals surface area (Å²) in [6.45, 7) is 4.67. The van der Waals surface area contributed by atoms with Crippen LogP contribution in [-0.4, -0.2) is 23.5 Å². The summed E-state index contributed by atoms with van der Waals surface area (Å²) in [7, 11) is 0. The molecular formula is C7H13N2O. The number of nitrogens with zero attached hydrogens (tertiary/aromatic N) is 1. The third-order valence-electron chi connectivity index (χ3n) is 2.48. The molecule has 1 rings (SSSR count). The van der Waals surface area contributed by atoms with Crippen LogP contribution >= 0.6 is 0 Å². The van der Waals surface area contributed by atoms with Crippen LogP contribution in [-0.2, 0) is 4.79 Å². The molecule has 1 saturated heterocycles. The maximum atomic E-state index is 10.3. The summed E-state index contributed by atoms with van der Waals surface area (Å²) < 4.78 is 0. The van der Waals surface area contributed by atoms with Crippen LogP contribution in [0.3, 0.4) is 0 Å². The summed E-state index contributed by atoms with van der Waals surface area (Å²) in [6.07, 6.45) is 2.83. The van der Waals surface area contributed by atoms with Gasteiger partial charge in [0.15, 0.2) is 0 Å². The van der Waals surface area contributed by atoms with Crippen molar-refractivity contribution < 1.29 is 4.79 Å². The highest BCUT2D eigenvalue weighted by molar-refractivity contribution is 5.50. The third-order valence-corrected chi connectivity index (χ3v) is 2.48. The first-order valence-corrected chi connectivity index (χ1v) is 3.53. The van der Waals surface area contributed by atoms with Crippen molar-refractivity contribution in [3.05, 3.63) is 0 Å². The summed E-state index contributed by atoms with van der Waals surface area (Å²) in [6, 6.07) is 0. The van der Waals surface area contributed by atoms with Crippen molar-refractivity contribution >= 4 is 6.41 Å². The Morgan fingerprint density at radius 3 is 2.60 bits per heavy atom. The van der Waals surface area contributed by atoms with E-state index < -0.39 is 5.66 Å². The van der Waals surface area contributed by atoms with E-state index in [-0.39, 0.29) is 0 Å². The molecule has 3 nitrogen and oxygen atoms in total. The number of hydrogen-bond donors (Lipinski definition) is 1. The van der Waals surface area contributed by atoms with E-state index in [1.54, 1.807) is 0 Å². The topological polar surface area (TPSA) is 46.3 Å². The molecule has 3 heteroatoms. The molecule has 1 radical (unpaired) electrons. The third kappa shape index (κ3) is 0.904. The second kappa shape index (κ2) is 2.23. The summed E-state index contributed by atoms with van der Waals surface area (Å²) in [4.78, 5) is 11.8. The van der Waals surface area contributed by atoms with Gasteiger partial charge in [0.2, 0.25) is 0 Å². The van der Waals surface area contributed by atoms with Crippen molar-refractivity contribution in [2.45, 2.75) is 25.9 Å². The molecule has 0 aromatic rings. The van der Waals surface area contributed by atoms with Gasteiger partial charge in [-0.05, 0) is 19.3 Å². The number of likely N-dealkylation sites (tertiary alicyclic amines) is 1. The number of rotatable bonds is 1. The van der Waals surface area contributed by atoms with Gasteiger partial charge in [0.05, 0.1) is 5.66 Å². The Hall–Kier alpha value is -0.570. The van der Waals surface area contributed by atoms with E-state index in [4.69, 9.17) is 5.73 Å². The van der Waals surface area contributed by atoms with Crippen LogP contribution in [0, 0.1) is 5.92 Å². The average molecular weight is 141 g/mol. The van der Waals surface area contributed by atoms with Crippen LogP contribution < -0.4 is 5.73 Å². The highest BCUT2D eigenvalue weighted by atomic mass is 16.1. The Balaban J connectivity index is 2.73. The first-order chi connectivity index (χ1) is 4.59. The van der Waals surface area contributed by atoms with Crippen molar-refractivity contribution in [1.29, 1.82) is 0 Å². The molecular weight excluding hydrogens is 128 g/mol. The van der Waals surface area contributed by atoms with Gasteiger partial charge in [0, 0.05) is 6.54 Å². The minimum absolute atomic E-state index is 0.383. The van der Waals surface area contributed by atoms with Crippen molar-refractivity contribution in [3.63, 3.8) is 0 Å². The zero-order valence-corrected chi connectivity index (χ0v) is 6.42. The molecule has 0 bridgehead atoms. The van der Waals surface area contributed by atoms with Gasteiger partial charge in [-0.25, -0.2) is 0 Å². The van der Waals surface area contributed by atoms with E-state index >= 15 is 0 Å². The van der Waals surface area contributed by atoms with Gasteiger partial charge in [-0.15, -0.1) is 0 Å². The largest absolute Gasteiger partial charge is 0.316 e. The van der Waals surface area contributed by atoms with Crippen molar-refractivity contribution in [2.24, 2.45) is 11.7 Å². The number of amides is 1. The van der Waals surface area contributed by atoms with E-state index in [2.05, 4.69) is 6.92 Å². The molecule has 0 spiro atoms. The molecule has 2 N–H and O–H groups in total. The number of hydrogen-bond acceptors (Lipinski definition) is 2. The summed E-state index contributed by atoms with van der Waals surface area (Å²) in [5.74, 6) is 0.383. The molecule has 1 amide bonds. The van der Waals surface area contributed by atoms with E-state index in [0.717, 1.165) is 13.0 Å². The van der Waals surface area contributed by atoms with Crippen LogP contribution in [0.15, 0.2) is 0 Å². The van der Waals surface area contributed by atoms with E-state index in [0.29, 0.717) is 5.92 Å². The Bertz CT molecular complexity index is 145. The normalized spacial score (nSPS) is 40.3. The second-order valence-corrected chi connectivity index (χ2v) is 3.16. The first kappa shape index (κ1) is 7.54. The zero-order valence-electron chi connectivity index (χ0n) is 6.42. The maximum absolute atomic E-state index is 10.3. The molecule has 1 aliphatic heterocycles. The molecule has 1 aliphatic rings. The van der Waals surface area contributed by atoms with Gasteiger partial charge in [-0.1, -0.05) is 6.92 Å². The van der Waals surface area contributed by atoms with Gasteiger partial charge in [0.1, 0.15) is 0 Å². The maximum Gasteiger partial charge on any atom is 0.313 e. The van der Waals surface area contributed by atoms with Gasteiger partial charge < -0.3 is 10.6 Å². The van der Waals surface area contributed by atoms with Crippen LogP contribution in [0.25, 0.3) is 0 Å². The minimum atomic E-state index is -0.470. The first-order valence-electron chi connectivity index (χ1n) is 3.53. The van der Waals surface area contributed by atoms with Gasteiger partial charge >= 0.3 is 6.41 Å². The molecule has 0 unspecified atom stereocenters. The van der Waals surface area contributed by atoms with E-state index in [9.17, 15) is 4.79 Å². The molecule has 10 heavy (non-hydrogen) atoms. The van der Waals surface area contributed by atoms with Crippen LogP contribution in [0.1, 0.15) is 20.3 Å². The monoisotopic (exact) mass is 141 g/mol. The van der Waals surface area contributed by atoms with Crippen molar-refractivity contribution in [2.75, 3.05) is 6.54 Å². The fourth-order valence-corrected chi connectivity index (χ4v) is 1.27. The molecule has 2 atom stereocenters. The molecule has 0 aliphatic carbocycles.